The topological polar surface area (TPSA) is 52.6 Å². The Balaban J connectivity index is 2.00. The lowest BCUT2D eigenvalue weighted by molar-refractivity contribution is -0.188. The Kier molecular flexibility index (Phi) is 7.10. The van der Waals surface area contributed by atoms with Crippen molar-refractivity contribution in [3.63, 3.8) is 0 Å². The number of fused-ring (bicyclic) bond motifs is 2. The Labute approximate surface area is 187 Å². The van der Waals surface area contributed by atoms with E-state index < -0.39 is 11.2 Å². The Morgan fingerprint density at radius 2 is 1.61 bits per heavy atom. The zero-order valence-electron chi connectivity index (χ0n) is 20.1. The van der Waals surface area contributed by atoms with E-state index in [1.807, 2.05) is 26.8 Å². The molecule has 3 rings (SSSR count). The van der Waals surface area contributed by atoms with Crippen molar-refractivity contribution in [2.24, 2.45) is 11.3 Å². The van der Waals surface area contributed by atoms with Crippen molar-refractivity contribution >= 4 is 11.6 Å². The number of hydrogen-bond donors (Lipinski definition) is 0. The maximum atomic E-state index is 13.7. The van der Waals surface area contributed by atoms with Gasteiger partial charge in [0.05, 0.1) is 6.61 Å². The lowest BCUT2D eigenvalue weighted by Gasteiger charge is -2.32. The summed E-state index contributed by atoms with van der Waals surface area (Å²) in [6.07, 6.45) is 11.9. The van der Waals surface area contributed by atoms with E-state index in [1.54, 1.807) is 0 Å². The van der Waals surface area contributed by atoms with E-state index >= 15 is 0 Å². The van der Waals surface area contributed by atoms with Gasteiger partial charge in [0.1, 0.15) is 0 Å². The molecule has 0 bridgehead atoms. The van der Waals surface area contributed by atoms with Gasteiger partial charge in [-0.3, -0.25) is 9.59 Å². The van der Waals surface area contributed by atoms with Gasteiger partial charge < -0.3 is 9.47 Å². The van der Waals surface area contributed by atoms with Crippen LogP contribution in [0.1, 0.15) is 86.5 Å². The Bertz CT molecular complexity index is 868. The van der Waals surface area contributed by atoms with Crippen molar-refractivity contribution in [3.8, 4) is 0 Å². The molecule has 2 aliphatic carbocycles. The second-order valence-corrected chi connectivity index (χ2v) is 10.1. The van der Waals surface area contributed by atoms with E-state index in [4.69, 9.17) is 9.47 Å². The van der Waals surface area contributed by atoms with E-state index in [9.17, 15) is 9.59 Å². The highest BCUT2D eigenvalue weighted by molar-refractivity contribution is 6.02. The summed E-state index contributed by atoms with van der Waals surface area (Å²) in [4.78, 5) is 26.3. The Morgan fingerprint density at radius 1 is 0.903 bits per heavy atom. The van der Waals surface area contributed by atoms with Gasteiger partial charge in [0.2, 0.25) is 11.6 Å². The zero-order chi connectivity index (χ0) is 22.8. The number of carbonyl (C=O) groups excluding carboxylic acids is 2. The zero-order valence-corrected chi connectivity index (χ0v) is 20.1. The fourth-order valence-electron chi connectivity index (χ4n) is 4.88. The first-order valence-electron chi connectivity index (χ1n) is 11.7. The van der Waals surface area contributed by atoms with Gasteiger partial charge in [-0.25, -0.2) is 0 Å². The maximum absolute atomic E-state index is 13.7. The van der Waals surface area contributed by atoms with Gasteiger partial charge in [0.15, 0.2) is 11.5 Å². The molecule has 1 heterocycles. The van der Waals surface area contributed by atoms with Crippen LogP contribution in [-0.2, 0) is 19.1 Å². The molecule has 1 aliphatic heterocycles. The first kappa shape index (κ1) is 23.7. The molecule has 0 amide bonds. The van der Waals surface area contributed by atoms with Crippen LogP contribution in [0, 0.1) is 11.3 Å². The molecule has 0 spiro atoms. The second kappa shape index (κ2) is 9.28. The van der Waals surface area contributed by atoms with E-state index in [-0.39, 0.29) is 17.5 Å². The predicted molar refractivity (Wildman–Crippen MR) is 123 cm³/mol. The van der Waals surface area contributed by atoms with Crippen LogP contribution in [-0.4, -0.2) is 24.0 Å². The fraction of sp³-hybridized carbons (Fsp3) is 0.630. The molecule has 0 radical (unpaired) electrons. The Morgan fingerprint density at radius 3 is 2.35 bits per heavy atom. The summed E-state index contributed by atoms with van der Waals surface area (Å²) in [5.41, 5.74) is 3.87. The summed E-state index contributed by atoms with van der Waals surface area (Å²) in [6, 6.07) is 0. The third-order valence-corrected chi connectivity index (χ3v) is 7.13. The largest absolute Gasteiger partial charge is 0.459 e. The van der Waals surface area contributed by atoms with Gasteiger partial charge in [-0.1, -0.05) is 36.3 Å². The van der Waals surface area contributed by atoms with Gasteiger partial charge in [-0.05, 0) is 70.4 Å². The molecule has 170 valence electrons. The summed E-state index contributed by atoms with van der Waals surface area (Å²) < 4.78 is 12.0. The van der Waals surface area contributed by atoms with Crippen molar-refractivity contribution in [1.82, 2.24) is 0 Å². The van der Waals surface area contributed by atoms with Crippen molar-refractivity contribution in [2.75, 3.05) is 6.61 Å². The SMILES string of the molecule is C/C1=C\C[C@]2(C)C(=O)C3=C(CCOC(C)(C)O3)[C@H]2C/C=C(\C)C(=O)CC/C(C)=C/CC1. The van der Waals surface area contributed by atoms with Crippen LogP contribution in [0.3, 0.4) is 0 Å². The molecule has 0 saturated heterocycles. The van der Waals surface area contributed by atoms with E-state index in [2.05, 4.69) is 32.9 Å². The summed E-state index contributed by atoms with van der Waals surface area (Å²) in [7, 11) is 0. The molecule has 4 nitrogen and oxygen atoms in total. The molecule has 2 atom stereocenters. The molecule has 0 N–H and O–H groups in total. The number of Topliss-reactive ketones (excluding diaryl/α,β-unsaturated/α-hetero) is 2. The van der Waals surface area contributed by atoms with Crippen LogP contribution >= 0.6 is 0 Å². The van der Waals surface area contributed by atoms with Gasteiger partial charge >= 0.3 is 0 Å². The normalized spacial score (nSPS) is 35.7. The molecule has 0 aromatic heterocycles. The average Bonchev–Trinajstić information content (AvgIpc) is 2.81. The number of ether oxygens (including phenoxy) is 2. The minimum absolute atomic E-state index is 0.0179. The van der Waals surface area contributed by atoms with Gasteiger partial charge in [-0.15, -0.1) is 0 Å². The lowest BCUT2D eigenvalue weighted by Crippen LogP contribution is -2.35. The third-order valence-electron chi connectivity index (χ3n) is 7.13. The highest BCUT2D eigenvalue weighted by Gasteiger charge is 2.52. The molecular formula is C27H38O4. The van der Waals surface area contributed by atoms with Crippen LogP contribution in [0.4, 0.5) is 0 Å². The number of rotatable bonds is 0. The first-order chi connectivity index (χ1) is 14.5. The van der Waals surface area contributed by atoms with Crippen LogP contribution in [0.25, 0.3) is 0 Å². The monoisotopic (exact) mass is 426 g/mol. The molecule has 0 aromatic rings. The highest BCUT2D eigenvalue weighted by atomic mass is 16.7. The minimum atomic E-state index is -0.808. The van der Waals surface area contributed by atoms with E-state index in [0.29, 0.717) is 38.0 Å². The number of hydrogen-bond acceptors (Lipinski definition) is 4. The van der Waals surface area contributed by atoms with Crippen LogP contribution in [0.2, 0.25) is 0 Å². The summed E-state index contributed by atoms with van der Waals surface area (Å²) in [5, 5.41) is 0. The maximum Gasteiger partial charge on any atom is 0.205 e. The van der Waals surface area contributed by atoms with Crippen LogP contribution in [0.15, 0.2) is 46.3 Å². The predicted octanol–water partition coefficient (Wildman–Crippen LogP) is 6.38. The molecule has 4 heteroatoms. The molecule has 0 saturated carbocycles. The molecule has 0 fully saturated rings. The molecule has 31 heavy (non-hydrogen) atoms. The average molecular weight is 427 g/mol. The number of allylic oxidation sites excluding steroid dienone is 7. The molecule has 0 unspecified atom stereocenters. The lowest BCUT2D eigenvalue weighted by atomic mass is 9.71. The molecular weight excluding hydrogens is 388 g/mol. The summed E-state index contributed by atoms with van der Waals surface area (Å²) in [6.45, 7) is 12.5. The van der Waals surface area contributed by atoms with E-state index in [0.717, 1.165) is 30.4 Å². The van der Waals surface area contributed by atoms with Crippen LogP contribution in [0.5, 0.6) is 0 Å². The quantitative estimate of drug-likeness (QED) is 0.422. The van der Waals surface area contributed by atoms with Crippen molar-refractivity contribution < 1.29 is 19.1 Å². The molecule has 3 aliphatic rings. The van der Waals surface area contributed by atoms with Gasteiger partial charge in [0, 0.05) is 31.6 Å². The standard InChI is InChI=1S/C27H38O4/c1-18-8-7-9-19(2)14-16-27(6)22(12-11-20(3)23(28)13-10-18)21-15-17-30-26(4,5)31-24(21)25(27)29/h8,11,14,22H,7,9-10,12-13,15-17H2,1-6H3/b18-8+,19-14+,20-11+/t22-,27+/m1/s1. The van der Waals surface area contributed by atoms with Gasteiger partial charge in [0.25, 0.3) is 0 Å². The van der Waals surface area contributed by atoms with Gasteiger partial charge in [-0.2, -0.15) is 0 Å². The smallest absolute Gasteiger partial charge is 0.205 e. The first-order valence-corrected chi connectivity index (χ1v) is 11.7. The van der Waals surface area contributed by atoms with Crippen molar-refractivity contribution in [3.05, 3.63) is 46.3 Å². The third kappa shape index (κ3) is 5.28. The minimum Gasteiger partial charge on any atom is -0.459 e. The summed E-state index contributed by atoms with van der Waals surface area (Å²) >= 11 is 0. The molecule has 0 aromatic carbocycles. The van der Waals surface area contributed by atoms with E-state index in [1.165, 1.54) is 11.1 Å². The number of ketones is 2. The highest BCUT2D eigenvalue weighted by Crippen LogP contribution is 2.52. The second-order valence-electron chi connectivity index (χ2n) is 10.1. The Hall–Kier alpha value is -1.94. The fourth-order valence-corrected chi connectivity index (χ4v) is 4.88. The number of carbonyl (C=O) groups is 2. The summed E-state index contributed by atoms with van der Waals surface area (Å²) in [5.74, 6) is -0.0225. The van der Waals surface area contributed by atoms with Crippen molar-refractivity contribution in [2.45, 2.75) is 92.3 Å². The van der Waals surface area contributed by atoms with Crippen LogP contribution < -0.4 is 0 Å². The van der Waals surface area contributed by atoms with Crippen molar-refractivity contribution in [1.29, 1.82) is 0 Å².